The molecule has 2 fully saturated rings. The minimum absolute atomic E-state index is 0.141. The molecule has 284 valence electrons. The van der Waals surface area contributed by atoms with Crippen LogP contribution in [0.3, 0.4) is 0 Å². The molecule has 1 unspecified atom stereocenters. The van der Waals surface area contributed by atoms with E-state index in [-0.39, 0.29) is 35.5 Å². The van der Waals surface area contributed by atoms with Gasteiger partial charge in [0.05, 0.1) is 26.9 Å². The van der Waals surface area contributed by atoms with Crippen molar-refractivity contribution in [3.05, 3.63) is 90.3 Å². The Morgan fingerprint density at radius 2 is 1.93 bits per heavy atom. The van der Waals surface area contributed by atoms with Gasteiger partial charge in [-0.2, -0.15) is 0 Å². The Bertz CT molecular complexity index is 1970. The van der Waals surface area contributed by atoms with Gasteiger partial charge in [-0.1, -0.05) is 12.1 Å². The number of pyridine rings is 1. The molecule has 0 aliphatic carbocycles. The number of aromatic nitrogens is 1. The van der Waals surface area contributed by atoms with Gasteiger partial charge in [0.25, 0.3) is 0 Å². The highest BCUT2D eigenvalue weighted by Crippen LogP contribution is 2.38. The van der Waals surface area contributed by atoms with Gasteiger partial charge >= 0.3 is 0 Å². The molecule has 2 atom stereocenters. The van der Waals surface area contributed by atoms with Crippen molar-refractivity contribution >= 4 is 23.2 Å². The molecule has 13 heteroatoms. The van der Waals surface area contributed by atoms with Crippen LogP contribution in [0.5, 0.6) is 11.5 Å². The second-order valence-electron chi connectivity index (χ2n) is 14.2. The van der Waals surface area contributed by atoms with Crippen LogP contribution in [0.4, 0.5) is 15.9 Å². The molecule has 2 saturated heterocycles. The molecule has 3 aromatic rings. The van der Waals surface area contributed by atoms with Gasteiger partial charge in [-0.15, -0.1) is 0 Å². The first-order valence-corrected chi connectivity index (χ1v) is 18.3. The molecular formula is C41H46FN5O7. The van der Waals surface area contributed by atoms with E-state index in [0.717, 1.165) is 29.7 Å². The summed E-state index contributed by atoms with van der Waals surface area (Å²) in [6.45, 7) is 5.81. The van der Waals surface area contributed by atoms with Crippen LogP contribution in [0.15, 0.2) is 84.5 Å². The molecule has 1 aromatic heterocycles. The number of nitrogens with zero attached hydrogens (tertiary/aromatic N) is 2. The van der Waals surface area contributed by atoms with Crippen molar-refractivity contribution in [3.8, 4) is 33.8 Å². The van der Waals surface area contributed by atoms with Crippen LogP contribution in [-0.4, -0.2) is 87.5 Å². The van der Waals surface area contributed by atoms with Gasteiger partial charge in [0.1, 0.15) is 29.8 Å². The van der Waals surface area contributed by atoms with E-state index in [9.17, 15) is 9.59 Å². The number of halogens is 1. The Kier molecular flexibility index (Phi) is 11.3. The van der Waals surface area contributed by atoms with E-state index in [4.69, 9.17) is 29.4 Å². The average molecular weight is 740 g/mol. The number of nitrogens with one attached hydrogen (secondary N) is 2. The van der Waals surface area contributed by atoms with E-state index in [1.165, 1.54) is 6.07 Å². The molecule has 1 amide bonds. The summed E-state index contributed by atoms with van der Waals surface area (Å²) in [4.78, 5) is 34.1. The number of benzene rings is 2. The van der Waals surface area contributed by atoms with Crippen molar-refractivity contribution < 1.29 is 37.7 Å². The standard InChI is InChI=1S/C41H46FN5O7/c1-41(25-47(22-26-9-12-51-13-10-26)35(19-38(41)48)28-4-3-11-44-20-28)40(49)46-30-6-7-32(34(42)18-30)33-16-29(21-45-39(33)43)27-5-8-36(37(17-27)50-2)54-24-31-23-52-14-15-53-31/h3,5-8,11,16-21,26,31,44H,4,9-10,12-15,22-25H2,1-2H3,(H2,43,45)(H,46,49)/t31-,41?/m1/s1. The summed E-state index contributed by atoms with van der Waals surface area (Å²) in [5.41, 5.74) is 8.93. The lowest BCUT2D eigenvalue weighted by Gasteiger charge is -2.42. The summed E-state index contributed by atoms with van der Waals surface area (Å²) in [7, 11) is 1.56. The van der Waals surface area contributed by atoms with Crippen LogP contribution in [0.1, 0.15) is 26.2 Å². The fourth-order valence-electron chi connectivity index (χ4n) is 7.15. The average Bonchev–Trinajstić information content (AvgIpc) is 3.20. The van der Waals surface area contributed by atoms with E-state index in [1.807, 2.05) is 30.6 Å². The first-order chi connectivity index (χ1) is 26.2. The van der Waals surface area contributed by atoms with E-state index in [1.54, 1.807) is 50.6 Å². The Hall–Kier alpha value is -5.24. The zero-order valence-corrected chi connectivity index (χ0v) is 30.6. The highest BCUT2D eigenvalue weighted by atomic mass is 19.1. The van der Waals surface area contributed by atoms with Gasteiger partial charge in [0, 0.05) is 72.9 Å². The van der Waals surface area contributed by atoms with Gasteiger partial charge in [0.15, 0.2) is 17.3 Å². The molecule has 0 saturated carbocycles. The Morgan fingerprint density at radius 3 is 2.67 bits per heavy atom. The van der Waals surface area contributed by atoms with E-state index >= 15 is 4.39 Å². The van der Waals surface area contributed by atoms with Crippen LogP contribution in [0.25, 0.3) is 22.3 Å². The summed E-state index contributed by atoms with van der Waals surface area (Å²) < 4.78 is 44.2. The smallest absolute Gasteiger partial charge is 0.239 e. The number of nitrogen functional groups attached to an aromatic ring is 1. The number of ether oxygens (including phenoxy) is 5. The van der Waals surface area contributed by atoms with Crippen LogP contribution < -0.4 is 25.8 Å². The number of carbonyl (C=O) groups excluding carboxylic acids is 2. The fourth-order valence-corrected chi connectivity index (χ4v) is 7.15. The Morgan fingerprint density at radius 1 is 1.07 bits per heavy atom. The van der Waals surface area contributed by atoms with Gasteiger partial charge in [-0.05, 0) is 85.8 Å². The minimum Gasteiger partial charge on any atom is -0.493 e. The predicted molar refractivity (Wildman–Crippen MR) is 202 cm³/mol. The van der Waals surface area contributed by atoms with Crippen molar-refractivity contribution in [2.75, 3.05) is 70.9 Å². The van der Waals surface area contributed by atoms with Gasteiger partial charge in [-0.25, -0.2) is 9.37 Å². The molecule has 54 heavy (non-hydrogen) atoms. The number of hydrogen-bond acceptors (Lipinski definition) is 11. The second-order valence-corrected chi connectivity index (χ2v) is 14.2. The molecule has 4 aliphatic rings. The van der Waals surface area contributed by atoms with Crippen LogP contribution in [0.2, 0.25) is 0 Å². The summed E-state index contributed by atoms with van der Waals surface area (Å²) in [5, 5.41) is 5.94. The van der Waals surface area contributed by atoms with Gasteiger partial charge < -0.3 is 45.0 Å². The molecule has 2 aromatic carbocycles. The first kappa shape index (κ1) is 37.1. The highest BCUT2D eigenvalue weighted by Gasteiger charge is 2.46. The lowest BCUT2D eigenvalue weighted by atomic mass is 9.79. The Labute approximate surface area is 314 Å². The van der Waals surface area contributed by atoms with E-state index in [2.05, 4.69) is 20.5 Å². The third kappa shape index (κ3) is 8.13. The number of anilines is 2. The van der Waals surface area contributed by atoms with Crippen molar-refractivity contribution in [2.45, 2.75) is 32.3 Å². The van der Waals surface area contributed by atoms with Gasteiger partial charge in [-0.3, -0.25) is 9.59 Å². The minimum atomic E-state index is -1.40. The zero-order valence-electron chi connectivity index (χ0n) is 30.6. The SMILES string of the molecule is COc1cc(-c2cnc(N)c(-c3ccc(NC(=O)C4(C)CN(CC5CCOCC5)C(C5=CNC=CC5)=CC4=O)cc3F)c2)ccc1OC[C@H]1COCCO1. The molecular weight excluding hydrogens is 693 g/mol. The van der Waals surface area contributed by atoms with Gasteiger partial charge in [0.2, 0.25) is 5.91 Å². The van der Waals surface area contributed by atoms with E-state index in [0.29, 0.717) is 81.2 Å². The number of nitrogens with two attached hydrogens (primary N) is 1. The third-order valence-electron chi connectivity index (χ3n) is 10.4. The maximum absolute atomic E-state index is 15.9. The van der Waals surface area contributed by atoms with Crippen molar-refractivity contribution in [1.29, 1.82) is 0 Å². The zero-order chi connectivity index (χ0) is 37.7. The van der Waals surface area contributed by atoms with E-state index < -0.39 is 17.1 Å². The fraction of sp³-hybridized carbons (Fsp3) is 0.390. The topological polar surface area (TPSA) is 146 Å². The van der Waals surface area contributed by atoms with Crippen LogP contribution >= 0.6 is 0 Å². The monoisotopic (exact) mass is 739 g/mol. The second kappa shape index (κ2) is 16.4. The molecule has 0 radical (unpaired) electrons. The van der Waals surface area contributed by atoms with Crippen LogP contribution in [-0.2, 0) is 23.8 Å². The summed E-state index contributed by atoms with van der Waals surface area (Å²) in [5.74, 6) is 0.153. The lowest BCUT2D eigenvalue weighted by molar-refractivity contribution is -0.137. The summed E-state index contributed by atoms with van der Waals surface area (Å²) >= 11 is 0. The number of carbonyl (C=O) groups is 2. The highest BCUT2D eigenvalue weighted by molar-refractivity contribution is 6.16. The predicted octanol–water partition coefficient (Wildman–Crippen LogP) is 5.47. The molecule has 0 bridgehead atoms. The normalized spacial score (nSPS) is 21.9. The molecule has 4 N–H and O–H groups in total. The summed E-state index contributed by atoms with van der Waals surface area (Å²) in [6, 6.07) is 11.6. The quantitative estimate of drug-likeness (QED) is 0.215. The molecule has 4 aliphatic heterocycles. The molecule has 7 rings (SSSR count). The van der Waals surface area contributed by atoms with Crippen molar-refractivity contribution in [3.63, 3.8) is 0 Å². The number of methoxy groups -OCH3 is 1. The summed E-state index contributed by atoms with van der Waals surface area (Å²) in [6.07, 6.45) is 11.3. The number of ketones is 1. The number of allylic oxidation sites excluding steroid dienone is 3. The van der Waals surface area contributed by atoms with Crippen LogP contribution in [0, 0.1) is 17.2 Å². The van der Waals surface area contributed by atoms with Crippen molar-refractivity contribution in [2.24, 2.45) is 11.3 Å². The number of rotatable bonds is 11. The maximum atomic E-state index is 15.9. The lowest BCUT2D eigenvalue weighted by Crippen LogP contribution is -2.52. The first-order valence-electron chi connectivity index (χ1n) is 18.3. The Balaban J connectivity index is 1.08. The van der Waals surface area contributed by atoms with Crippen molar-refractivity contribution in [1.82, 2.24) is 15.2 Å². The molecule has 12 nitrogen and oxygen atoms in total. The number of hydrogen-bond donors (Lipinski definition) is 3. The third-order valence-corrected chi connectivity index (χ3v) is 10.4. The number of dihydropyridines is 1. The number of amides is 1. The maximum Gasteiger partial charge on any atom is 0.239 e. The molecule has 0 spiro atoms. The molecule has 5 heterocycles. The largest absolute Gasteiger partial charge is 0.493 e.